The van der Waals surface area contributed by atoms with Crippen molar-refractivity contribution in [2.75, 3.05) is 36.4 Å². The van der Waals surface area contributed by atoms with E-state index in [1.807, 2.05) is 47.4 Å². The number of para-hydroxylation sites is 1. The minimum absolute atomic E-state index is 0.0470. The highest BCUT2D eigenvalue weighted by atomic mass is 35.5. The Morgan fingerprint density at radius 1 is 1.00 bits per heavy atom. The Kier molecular flexibility index (Phi) is 5.71. The third-order valence-electron chi connectivity index (χ3n) is 4.59. The molecule has 1 aliphatic rings. The number of halogens is 2. The lowest BCUT2D eigenvalue weighted by atomic mass is 10.2. The van der Waals surface area contributed by atoms with Gasteiger partial charge in [-0.05, 0) is 24.3 Å². The number of benzene rings is 2. The Hall–Kier alpha value is -2.28. The topological polar surface area (TPSA) is 48.5 Å². The number of carbonyl (C=O) groups excluding carboxylic acids is 1. The van der Waals surface area contributed by atoms with E-state index in [1.54, 1.807) is 11.4 Å². The molecule has 1 saturated heterocycles. The zero-order valence-electron chi connectivity index (χ0n) is 14.9. The summed E-state index contributed by atoms with van der Waals surface area (Å²) in [6, 6.07) is 15.4. The van der Waals surface area contributed by atoms with Gasteiger partial charge in [-0.2, -0.15) is 0 Å². The second kappa shape index (κ2) is 8.39. The van der Waals surface area contributed by atoms with Gasteiger partial charge in [-0.25, -0.2) is 4.98 Å². The van der Waals surface area contributed by atoms with Crippen LogP contribution in [0.3, 0.4) is 0 Å². The van der Waals surface area contributed by atoms with Crippen LogP contribution in [0, 0.1) is 0 Å². The minimum Gasteiger partial charge on any atom is -0.367 e. The van der Waals surface area contributed by atoms with Crippen LogP contribution in [0.25, 0.3) is 0 Å². The van der Waals surface area contributed by atoms with Crippen molar-refractivity contribution in [1.29, 1.82) is 0 Å². The van der Waals surface area contributed by atoms with E-state index >= 15 is 0 Å². The van der Waals surface area contributed by atoms with E-state index in [4.69, 9.17) is 23.2 Å². The molecule has 1 aliphatic heterocycles. The molecule has 1 N–H and O–H groups in total. The molecule has 0 radical (unpaired) electrons. The van der Waals surface area contributed by atoms with Crippen molar-refractivity contribution in [1.82, 2.24) is 9.88 Å². The predicted octanol–water partition coefficient (Wildman–Crippen LogP) is 5.16. The quantitative estimate of drug-likeness (QED) is 0.618. The summed E-state index contributed by atoms with van der Waals surface area (Å²) in [6.07, 6.45) is 0. The van der Waals surface area contributed by atoms with Gasteiger partial charge in [0.25, 0.3) is 5.91 Å². The van der Waals surface area contributed by atoms with Gasteiger partial charge >= 0.3 is 0 Å². The number of piperazine rings is 1. The molecule has 8 heteroatoms. The molecule has 0 spiro atoms. The molecule has 2 aromatic carbocycles. The number of carbonyl (C=O) groups is 1. The number of thiazole rings is 1. The van der Waals surface area contributed by atoms with Gasteiger partial charge in [0, 0.05) is 37.2 Å². The Labute approximate surface area is 177 Å². The molecule has 0 atom stereocenters. The van der Waals surface area contributed by atoms with Crippen LogP contribution in [0.15, 0.2) is 53.9 Å². The van der Waals surface area contributed by atoms with E-state index in [0.29, 0.717) is 47.0 Å². The Morgan fingerprint density at radius 2 is 1.75 bits per heavy atom. The molecule has 1 fully saturated rings. The first-order valence-electron chi connectivity index (χ1n) is 8.87. The number of nitrogens with one attached hydrogen (secondary N) is 1. The standard InChI is InChI=1S/C20H18Cl2N4OS/c21-15-7-4-8-17(18(15)22)25-9-11-26(12-10-25)19(27)16-13-28-20(24-16)23-14-5-2-1-3-6-14/h1-8,13H,9-12H2,(H,23,24). The monoisotopic (exact) mass is 432 g/mol. The van der Waals surface area contributed by atoms with Crippen molar-refractivity contribution in [2.45, 2.75) is 0 Å². The molecule has 0 aliphatic carbocycles. The highest BCUT2D eigenvalue weighted by molar-refractivity contribution is 7.14. The molecule has 144 valence electrons. The smallest absolute Gasteiger partial charge is 0.273 e. The lowest BCUT2D eigenvalue weighted by Gasteiger charge is -2.36. The molecule has 3 aromatic rings. The largest absolute Gasteiger partial charge is 0.367 e. The first kappa shape index (κ1) is 19.1. The van der Waals surface area contributed by atoms with Crippen molar-refractivity contribution in [3.05, 3.63) is 69.7 Å². The lowest BCUT2D eigenvalue weighted by Crippen LogP contribution is -2.49. The van der Waals surface area contributed by atoms with Crippen LogP contribution in [0.4, 0.5) is 16.5 Å². The molecule has 0 bridgehead atoms. The first-order valence-corrected chi connectivity index (χ1v) is 10.5. The first-order chi connectivity index (χ1) is 13.6. The van der Waals surface area contributed by atoms with E-state index in [1.165, 1.54) is 11.3 Å². The van der Waals surface area contributed by atoms with Crippen LogP contribution in [0.5, 0.6) is 0 Å². The van der Waals surface area contributed by atoms with Gasteiger partial charge < -0.3 is 15.1 Å². The summed E-state index contributed by atoms with van der Waals surface area (Å²) in [7, 11) is 0. The van der Waals surface area contributed by atoms with E-state index in [2.05, 4.69) is 15.2 Å². The zero-order chi connectivity index (χ0) is 19.5. The fourth-order valence-corrected chi connectivity index (χ4v) is 4.24. The van der Waals surface area contributed by atoms with Crippen molar-refractivity contribution < 1.29 is 4.79 Å². The van der Waals surface area contributed by atoms with Crippen molar-refractivity contribution in [2.24, 2.45) is 0 Å². The van der Waals surface area contributed by atoms with Crippen LogP contribution < -0.4 is 10.2 Å². The van der Waals surface area contributed by atoms with E-state index in [9.17, 15) is 4.79 Å². The molecule has 0 unspecified atom stereocenters. The Bertz CT molecular complexity index is 971. The number of amides is 1. The second-order valence-electron chi connectivity index (χ2n) is 6.38. The summed E-state index contributed by atoms with van der Waals surface area (Å²) in [5.74, 6) is -0.0470. The molecule has 5 nitrogen and oxygen atoms in total. The maximum Gasteiger partial charge on any atom is 0.273 e. The maximum atomic E-state index is 12.8. The summed E-state index contributed by atoms with van der Waals surface area (Å²) in [6.45, 7) is 2.62. The predicted molar refractivity (Wildman–Crippen MR) is 116 cm³/mol. The van der Waals surface area contributed by atoms with Crippen LogP contribution >= 0.6 is 34.5 Å². The van der Waals surface area contributed by atoms with Gasteiger partial charge in [0.1, 0.15) is 5.69 Å². The van der Waals surface area contributed by atoms with Crippen LogP contribution in [-0.4, -0.2) is 42.0 Å². The van der Waals surface area contributed by atoms with Crippen LogP contribution in [0.2, 0.25) is 10.0 Å². The molecular weight excluding hydrogens is 415 g/mol. The lowest BCUT2D eigenvalue weighted by molar-refractivity contribution is 0.0742. The van der Waals surface area contributed by atoms with Gasteiger partial charge in [-0.3, -0.25) is 4.79 Å². The van der Waals surface area contributed by atoms with Gasteiger partial charge in [0.2, 0.25) is 0 Å². The SMILES string of the molecule is O=C(c1csc(Nc2ccccc2)n1)N1CCN(c2cccc(Cl)c2Cl)CC1. The Morgan fingerprint density at radius 3 is 2.50 bits per heavy atom. The fraction of sp³-hybridized carbons (Fsp3) is 0.200. The normalized spacial score (nSPS) is 14.2. The molecule has 1 amide bonds. The number of aromatic nitrogens is 1. The van der Waals surface area contributed by atoms with E-state index in [-0.39, 0.29) is 5.91 Å². The number of hydrogen-bond donors (Lipinski definition) is 1. The molecule has 1 aromatic heterocycles. The van der Waals surface area contributed by atoms with E-state index in [0.717, 1.165) is 11.4 Å². The third-order valence-corrected chi connectivity index (χ3v) is 6.15. The number of nitrogens with zero attached hydrogens (tertiary/aromatic N) is 3. The van der Waals surface area contributed by atoms with Gasteiger partial charge in [0.05, 0.1) is 15.7 Å². The summed E-state index contributed by atoms with van der Waals surface area (Å²) in [4.78, 5) is 21.2. The van der Waals surface area contributed by atoms with Crippen molar-refractivity contribution in [3.63, 3.8) is 0 Å². The zero-order valence-corrected chi connectivity index (χ0v) is 17.3. The highest BCUT2D eigenvalue weighted by Crippen LogP contribution is 2.33. The molecule has 28 heavy (non-hydrogen) atoms. The minimum atomic E-state index is -0.0470. The van der Waals surface area contributed by atoms with Crippen LogP contribution in [-0.2, 0) is 0 Å². The summed E-state index contributed by atoms with van der Waals surface area (Å²) in [5, 5.41) is 6.83. The highest BCUT2D eigenvalue weighted by Gasteiger charge is 2.25. The summed E-state index contributed by atoms with van der Waals surface area (Å²) < 4.78 is 0. The fourth-order valence-electron chi connectivity index (χ4n) is 3.12. The molecule has 0 saturated carbocycles. The Balaban J connectivity index is 1.38. The van der Waals surface area contributed by atoms with Crippen LogP contribution in [0.1, 0.15) is 10.5 Å². The second-order valence-corrected chi connectivity index (χ2v) is 8.02. The average molecular weight is 433 g/mol. The number of hydrogen-bond acceptors (Lipinski definition) is 5. The molecule has 4 rings (SSSR count). The maximum absolute atomic E-state index is 12.8. The third kappa shape index (κ3) is 4.09. The number of anilines is 3. The number of rotatable bonds is 4. The molecular formula is C20H18Cl2N4OS. The summed E-state index contributed by atoms with van der Waals surface area (Å²) in [5.41, 5.74) is 2.32. The van der Waals surface area contributed by atoms with Gasteiger partial charge in [0.15, 0.2) is 5.13 Å². The van der Waals surface area contributed by atoms with Crippen molar-refractivity contribution in [3.8, 4) is 0 Å². The van der Waals surface area contributed by atoms with E-state index < -0.39 is 0 Å². The average Bonchev–Trinajstić information content (AvgIpc) is 3.19. The van der Waals surface area contributed by atoms with Crippen molar-refractivity contribution >= 4 is 57.0 Å². The summed E-state index contributed by atoms with van der Waals surface area (Å²) >= 11 is 13.9. The molecule has 2 heterocycles. The van der Waals surface area contributed by atoms with Gasteiger partial charge in [-0.15, -0.1) is 11.3 Å². The van der Waals surface area contributed by atoms with Gasteiger partial charge in [-0.1, -0.05) is 47.5 Å².